The van der Waals surface area contributed by atoms with Crippen molar-refractivity contribution in [3.8, 4) is 0 Å². The number of nitrogens with two attached hydrogens (primary N) is 1. The molecule has 0 bridgehead atoms. The van der Waals surface area contributed by atoms with E-state index in [1.54, 1.807) is 14.0 Å². The molecule has 0 saturated heterocycles. The van der Waals surface area contributed by atoms with Crippen molar-refractivity contribution in [2.45, 2.75) is 32.0 Å². The molecule has 0 radical (unpaired) electrons. The molecule has 2 unspecified atom stereocenters. The first-order valence-electron chi connectivity index (χ1n) is 4.76. The van der Waals surface area contributed by atoms with Crippen LogP contribution >= 0.6 is 0 Å². The first-order valence-corrected chi connectivity index (χ1v) is 4.76. The molecule has 0 aliphatic heterocycles. The van der Waals surface area contributed by atoms with Crippen molar-refractivity contribution in [2.75, 3.05) is 13.7 Å². The maximum absolute atomic E-state index is 9.70. The summed E-state index contributed by atoms with van der Waals surface area (Å²) in [6.07, 6.45) is 0.0257. The summed E-state index contributed by atoms with van der Waals surface area (Å²) in [6, 6.07) is 0. The molecule has 0 aliphatic carbocycles. The predicted octanol–water partition coefficient (Wildman–Crippen LogP) is 0.0292. The Hall–Kier alpha value is -0.980. The van der Waals surface area contributed by atoms with Gasteiger partial charge >= 0.3 is 0 Å². The van der Waals surface area contributed by atoms with Crippen LogP contribution in [-0.2, 0) is 11.2 Å². The smallest absolute Gasteiger partial charge is 0.229 e. The van der Waals surface area contributed by atoms with Gasteiger partial charge in [0.1, 0.15) is 6.10 Å². The average Bonchev–Trinajstić information content (AvgIpc) is 2.64. The number of hydrogen-bond donors (Lipinski definition) is 2. The number of methoxy groups -OCH3 is 1. The lowest BCUT2D eigenvalue weighted by Gasteiger charge is -2.17. The van der Waals surface area contributed by atoms with Gasteiger partial charge in [0.25, 0.3) is 0 Å². The molecule has 0 aliphatic rings. The summed E-state index contributed by atoms with van der Waals surface area (Å²) in [5.74, 6) is 0.838. The fraction of sp³-hybridized carbons (Fsp3) is 0.778. The minimum absolute atomic E-state index is 0.143. The molecular formula is C9H17N3O3. The predicted molar refractivity (Wildman–Crippen MR) is 53.1 cm³/mol. The molecule has 1 rings (SSSR count). The van der Waals surface area contributed by atoms with Gasteiger partial charge in [0.2, 0.25) is 5.89 Å². The molecule has 1 aromatic heterocycles. The van der Waals surface area contributed by atoms with E-state index >= 15 is 0 Å². The highest BCUT2D eigenvalue weighted by Gasteiger charge is 2.23. The molecular weight excluding hydrogens is 198 g/mol. The summed E-state index contributed by atoms with van der Waals surface area (Å²) >= 11 is 0. The molecule has 86 valence electrons. The van der Waals surface area contributed by atoms with Gasteiger partial charge in [-0.3, -0.25) is 0 Å². The number of nitrogens with zero attached hydrogens (tertiary/aromatic N) is 2. The lowest BCUT2D eigenvalue weighted by Crippen LogP contribution is -2.36. The van der Waals surface area contributed by atoms with Crippen molar-refractivity contribution in [3.63, 3.8) is 0 Å². The second-order valence-electron chi connectivity index (χ2n) is 3.80. The van der Waals surface area contributed by atoms with Gasteiger partial charge in [-0.25, -0.2) is 0 Å². The number of aromatic nitrogens is 2. The van der Waals surface area contributed by atoms with Crippen molar-refractivity contribution in [2.24, 2.45) is 5.73 Å². The van der Waals surface area contributed by atoms with Gasteiger partial charge in [-0.05, 0) is 13.8 Å². The standard InChI is InChI=1S/C9H17N3O3/c1-6(14-3)8-11-7(15-12-8)4-9(2,13)5-10/h6,13H,4-5,10H2,1-3H3. The highest BCUT2D eigenvalue weighted by Crippen LogP contribution is 2.15. The second kappa shape index (κ2) is 4.69. The van der Waals surface area contributed by atoms with Crippen LogP contribution in [0.1, 0.15) is 31.7 Å². The Balaban J connectivity index is 2.68. The summed E-state index contributed by atoms with van der Waals surface area (Å²) in [5.41, 5.74) is 4.37. The van der Waals surface area contributed by atoms with Crippen molar-refractivity contribution in [1.82, 2.24) is 10.1 Å². The maximum atomic E-state index is 9.70. The SMILES string of the molecule is COC(C)c1noc(CC(C)(O)CN)n1. The van der Waals surface area contributed by atoms with E-state index in [0.29, 0.717) is 11.7 Å². The summed E-state index contributed by atoms with van der Waals surface area (Å²) in [6.45, 7) is 3.58. The van der Waals surface area contributed by atoms with E-state index in [1.807, 2.05) is 6.92 Å². The average molecular weight is 215 g/mol. The van der Waals surface area contributed by atoms with Gasteiger partial charge in [0, 0.05) is 13.7 Å². The molecule has 3 N–H and O–H groups in total. The van der Waals surface area contributed by atoms with Gasteiger partial charge in [-0.1, -0.05) is 5.16 Å². The Kier molecular flexibility index (Phi) is 3.78. The number of ether oxygens (including phenoxy) is 1. The molecule has 1 aromatic rings. The van der Waals surface area contributed by atoms with E-state index in [0.717, 1.165) is 0 Å². The molecule has 0 saturated carbocycles. The molecule has 0 amide bonds. The number of aliphatic hydroxyl groups is 1. The topological polar surface area (TPSA) is 94.4 Å². The zero-order valence-electron chi connectivity index (χ0n) is 9.23. The monoisotopic (exact) mass is 215 g/mol. The van der Waals surface area contributed by atoms with Crippen molar-refractivity contribution in [1.29, 1.82) is 0 Å². The fourth-order valence-corrected chi connectivity index (χ4v) is 1.01. The summed E-state index contributed by atoms with van der Waals surface area (Å²) in [5, 5.41) is 13.4. The van der Waals surface area contributed by atoms with E-state index < -0.39 is 5.60 Å². The lowest BCUT2D eigenvalue weighted by atomic mass is 10.0. The van der Waals surface area contributed by atoms with Gasteiger partial charge in [0.05, 0.1) is 12.0 Å². The quantitative estimate of drug-likeness (QED) is 0.719. The Morgan fingerprint density at radius 3 is 2.87 bits per heavy atom. The molecule has 0 aromatic carbocycles. The molecule has 0 spiro atoms. The van der Waals surface area contributed by atoms with Crippen LogP contribution in [0.25, 0.3) is 0 Å². The van der Waals surface area contributed by atoms with Crippen LogP contribution in [0, 0.1) is 0 Å². The van der Waals surface area contributed by atoms with E-state index in [2.05, 4.69) is 10.1 Å². The van der Waals surface area contributed by atoms with Gasteiger partial charge < -0.3 is 20.1 Å². The minimum Gasteiger partial charge on any atom is -0.388 e. The molecule has 6 nitrogen and oxygen atoms in total. The van der Waals surface area contributed by atoms with Crippen molar-refractivity contribution in [3.05, 3.63) is 11.7 Å². The van der Waals surface area contributed by atoms with Crippen LogP contribution in [0.2, 0.25) is 0 Å². The molecule has 6 heteroatoms. The van der Waals surface area contributed by atoms with E-state index in [-0.39, 0.29) is 19.1 Å². The van der Waals surface area contributed by atoms with Crippen LogP contribution in [0.3, 0.4) is 0 Å². The van der Waals surface area contributed by atoms with Crippen LogP contribution in [-0.4, -0.2) is 34.5 Å². The first-order chi connectivity index (χ1) is 6.98. The summed E-state index contributed by atoms with van der Waals surface area (Å²) in [7, 11) is 1.57. The zero-order chi connectivity index (χ0) is 11.5. The van der Waals surface area contributed by atoms with Crippen LogP contribution in [0.15, 0.2) is 4.52 Å². The zero-order valence-corrected chi connectivity index (χ0v) is 9.23. The normalized spacial score (nSPS) is 17.4. The fourth-order valence-electron chi connectivity index (χ4n) is 1.01. The minimum atomic E-state index is -1.01. The van der Waals surface area contributed by atoms with Gasteiger partial charge in [-0.2, -0.15) is 4.98 Å². The largest absolute Gasteiger partial charge is 0.388 e. The maximum Gasteiger partial charge on any atom is 0.229 e. The van der Waals surface area contributed by atoms with E-state index in [4.69, 9.17) is 15.0 Å². The second-order valence-corrected chi connectivity index (χ2v) is 3.80. The summed E-state index contributed by atoms with van der Waals surface area (Å²) < 4.78 is 10.0. The third kappa shape index (κ3) is 3.26. The van der Waals surface area contributed by atoms with Crippen molar-refractivity contribution < 1.29 is 14.4 Å². The highest BCUT2D eigenvalue weighted by molar-refractivity contribution is 4.94. The Morgan fingerprint density at radius 1 is 1.67 bits per heavy atom. The number of rotatable bonds is 5. The van der Waals surface area contributed by atoms with Crippen LogP contribution in [0.4, 0.5) is 0 Å². The van der Waals surface area contributed by atoms with E-state index in [1.165, 1.54) is 0 Å². The molecule has 15 heavy (non-hydrogen) atoms. The van der Waals surface area contributed by atoms with Gasteiger partial charge in [0.15, 0.2) is 5.82 Å². The molecule has 0 fully saturated rings. The van der Waals surface area contributed by atoms with Crippen LogP contribution < -0.4 is 5.73 Å². The number of hydrogen-bond acceptors (Lipinski definition) is 6. The third-order valence-corrected chi connectivity index (χ3v) is 2.17. The molecule has 2 atom stereocenters. The van der Waals surface area contributed by atoms with E-state index in [9.17, 15) is 5.11 Å². The summed E-state index contributed by atoms with van der Waals surface area (Å²) in [4.78, 5) is 4.10. The third-order valence-electron chi connectivity index (χ3n) is 2.17. The first kappa shape index (κ1) is 12.1. The Bertz CT molecular complexity index is 311. The lowest BCUT2D eigenvalue weighted by molar-refractivity contribution is 0.0610. The Morgan fingerprint density at radius 2 is 2.33 bits per heavy atom. The molecule has 1 heterocycles. The van der Waals surface area contributed by atoms with Crippen molar-refractivity contribution >= 4 is 0 Å². The van der Waals surface area contributed by atoms with Gasteiger partial charge in [-0.15, -0.1) is 0 Å². The highest BCUT2D eigenvalue weighted by atomic mass is 16.5. The van der Waals surface area contributed by atoms with Crippen LogP contribution in [0.5, 0.6) is 0 Å². The Labute approximate surface area is 88.4 Å².